The second-order valence-corrected chi connectivity index (χ2v) is 8.53. The highest BCUT2D eigenvalue weighted by Crippen LogP contribution is 2.21. The number of nitrogens with zero attached hydrogens (tertiary/aromatic N) is 2. The molecule has 0 radical (unpaired) electrons. The van der Waals surface area contributed by atoms with Crippen LogP contribution < -0.4 is 14.5 Å². The number of ether oxygens (including phenoxy) is 1. The molecule has 1 N–H and O–H groups in total. The van der Waals surface area contributed by atoms with Gasteiger partial charge < -0.3 is 4.74 Å². The lowest BCUT2D eigenvalue weighted by atomic mass is 10.2. The van der Waals surface area contributed by atoms with Gasteiger partial charge in [0.2, 0.25) is 10.0 Å². The minimum Gasteiger partial charge on any atom is -0.490 e. The number of hydrogen-bond acceptors (Lipinski definition) is 5. The van der Waals surface area contributed by atoms with Gasteiger partial charge in [-0.2, -0.15) is 5.10 Å². The lowest BCUT2D eigenvalue weighted by Gasteiger charge is -2.21. The van der Waals surface area contributed by atoms with Crippen molar-refractivity contribution in [2.45, 2.75) is 0 Å². The van der Waals surface area contributed by atoms with Crippen molar-refractivity contribution in [3.8, 4) is 5.75 Å². The van der Waals surface area contributed by atoms with Gasteiger partial charge in [0.15, 0.2) is 0 Å². The molecule has 1 amide bonds. The summed E-state index contributed by atoms with van der Waals surface area (Å²) in [6.07, 6.45) is 4.15. The van der Waals surface area contributed by atoms with Gasteiger partial charge >= 0.3 is 0 Å². The summed E-state index contributed by atoms with van der Waals surface area (Å²) in [6.45, 7) is 3.61. The predicted molar refractivity (Wildman–Crippen MR) is 114 cm³/mol. The van der Waals surface area contributed by atoms with Gasteiger partial charge in [0, 0.05) is 4.47 Å². The molecule has 0 heterocycles. The number of hydrazone groups is 1. The number of benzene rings is 2. The van der Waals surface area contributed by atoms with Crippen LogP contribution in [0.3, 0.4) is 0 Å². The molecule has 0 aliphatic rings. The standard InChI is InChI=1S/C19H20BrN3O4S/c1-3-11-27-18-9-7-15(8-10-18)13-21-22-19(24)14-23(28(2,25)26)17-6-4-5-16(20)12-17/h3-10,12-13H,1,11,14H2,2H3,(H,22,24)/b21-13-. The van der Waals surface area contributed by atoms with Crippen molar-refractivity contribution in [1.29, 1.82) is 0 Å². The predicted octanol–water partition coefficient (Wildman–Crippen LogP) is 2.93. The molecule has 28 heavy (non-hydrogen) atoms. The average Bonchev–Trinajstić information content (AvgIpc) is 2.64. The molecule has 0 aliphatic carbocycles. The number of hydrogen-bond donors (Lipinski definition) is 1. The number of carbonyl (C=O) groups excluding carboxylic acids is 1. The molecule has 2 aromatic rings. The molecule has 0 spiro atoms. The van der Waals surface area contributed by atoms with Crippen LogP contribution in [-0.2, 0) is 14.8 Å². The van der Waals surface area contributed by atoms with Gasteiger partial charge in [-0.25, -0.2) is 13.8 Å². The zero-order chi connectivity index (χ0) is 20.6. The lowest BCUT2D eigenvalue weighted by Crippen LogP contribution is -2.39. The molecule has 0 atom stereocenters. The number of anilines is 1. The first-order chi connectivity index (χ1) is 13.3. The van der Waals surface area contributed by atoms with E-state index in [2.05, 4.69) is 33.0 Å². The van der Waals surface area contributed by atoms with E-state index in [4.69, 9.17) is 4.74 Å². The third-order valence-electron chi connectivity index (χ3n) is 3.43. The minimum absolute atomic E-state index is 0.381. The van der Waals surface area contributed by atoms with Crippen LogP contribution in [0.4, 0.5) is 5.69 Å². The molecule has 0 unspecified atom stereocenters. The van der Waals surface area contributed by atoms with Crippen LogP contribution >= 0.6 is 15.9 Å². The van der Waals surface area contributed by atoms with Gasteiger partial charge in [-0.15, -0.1) is 0 Å². The van der Waals surface area contributed by atoms with E-state index in [0.29, 0.717) is 22.5 Å². The first kappa shape index (κ1) is 21.6. The summed E-state index contributed by atoms with van der Waals surface area (Å²) < 4.78 is 31.2. The topological polar surface area (TPSA) is 88.1 Å². The van der Waals surface area contributed by atoms with E-state index in [-0.39, 0.29) is 6.54 Å². The Hall–Kier alpha value is -2.65. The largest absolute Gasteiger partial charge is 0.490 e. The maximum Gasteiger partial charge on any atom is 0.260 e. The molecule has 0 saturated carbocycles. The van der Waals surface area contributed by atoms with Crippen LogP contribution in [-0.4, -0.2) is 39.9 Å². The van der Waals surface area contributed by atoms with Crippen LogP contribution in [0.2, 0.25) is 0 Å². The molecule has 0 aromatic heterocycles. The van der Waals surface area contributed by atoms with E-state index in [1.54, 1.807) is 54.6 Å². The van der Waals surface area contributed by atoms with Gasteiger partial charge in [0.05, 0.1) is 18.2 Å². The van der Waals surface area contributed by atoms with Crippen LogP contribution in [0.5, 0.6) is 5.75 Å². The van der Waals surface area contributed by atoms with Crippen LogP contribution in [0.1, 0.15) is 5.56 Å². The Morgan fingerprint density at radius 1 is 1.29 bits per heavy atom. The fraction of sp³-hybridized carbons (Fsp3) is 0.158. The summed E-state index contributed by atoms with van der Waals surface area (Å²) in [7, 11) is -3.64. The second-order valence-electron chi connectivity index (χ2n) is 5.71. The van der Waals surface area contributed by atoms with E-state index in [9.17, 15) is 13.2 Å². The summed E-state index contributed by atoms with van der Waals surface area (Å²) in [6, 6.07) is 13.8. The molecular weight excluding hydrogens is 446 g/mol. The molecule has 2 rings (SSSR count). The summed E-state index contributed by atoms with van der Waals surface area (Å²) in [5.74, 6) is 0.131. The Balaban J connectivity index is 1.99. The van der Waals surface area contributed by atoms with Crippen molar-refractivity contribution in [2.75, 3.05) is 23.7 Å². The first-order valence-electron chi connectivity index (χ1n) is 8.18. The molecule has 0 aliphatic heterocycles. The van der Waals surface area contributed by atoms with Gasteiger partial charge in [0.25, 0.3) is 5.91 Å². The average molecular weight is 466 g/mol. The number of amides is 1. The summed E-state index contributed by atoms with van der Waals surface area (Å²) in [5.41, 5.74) is 3.46. The lowest BCUT2D eigenvalue weighted by molar-refractivity contribution is -0.119. The highest BCUT2D eigenvalue weighted by molar-refractivity contribution is 9.10. The summed E-state index contributed by atoms with van der Waals surface area (Å²) >= 11 is 3.29. The van der Waals surface area contributed by atoms with Crippen LogP contribution in [0.15, 0.2) is 70.8 Å². The third kappa shape index (κ3) is 6.82. The monoisotopic (exact) mass is 465 g/mol. The smallest absolute Gasteiger partial charge is 0.260 e. The Morgan fingerprint density at radius 3 is 2.61 bits per heavy atom. The van der Waals surface area contributed by atoms with E-state index in [1.165, 1.54) is 6.21 Å². The van der Waals surface area contributed by atoms with E-state index in [1.807, 2.05) is 0 Å². The minimum atomic E-state index is -3.64. The molecule has 0 bridgehead atoms. The van der Waals surface area contributed by atoms with Gasteiger partial charge in [-0.05, 0) is 48.0 Å². The molecule has 0 saturated heterocycles. The normalized spacial score (nSPS) is 11.2. The fourth-order valence-corrected chi connectivity index (χ4v) is 3.42. The number of sulfonamides is 1. The number of carbonyl (C=O) groups is 1. The molecule has 148 valence electrons. The quantitative estimate of drug-likeness (QED) is 0.350. The van der Waals surface area contributed by atoms with E-state index < -0.39 is 15.9 Å². The molecule has 2 aromatic carbocycles. The van der Waals surface area contributed by atoms with Crippen molar-refractivity contribution in [3.05, 3.63) is 71.2 Å². The Kier molecular flexibility index (Phi) is 7.77. The van der Waals surface area contributed by atoms with E-state index in [0.717, 1.165) is 16.1 Å². The summed E-state index contributed by atoms with van der Waals surface area (Å²) in [5, 5.41) is 3.87. The zero-order valence-electron chi connectivity index (χ0n) is 15.2. The Bertz CT molecular complexity index is 959. The fourth-order valence-electron chi connectivity index (χ4n) is 2.18. The van der Waals surface area contributed by atoms with Crippen molar-refractivity contribution in [1.82, 2.24) is 5.43 Å². The van der Waals surface area contributed by atoms with Crippen LogP contribution in [0.25, 0.3) is 0 Å². The van der Waals surface area contributed by atoms with Crippen molar-refractivity contribution in [3.63, 3.8) is 0 Å². The van der Waals surface area contributed by atoms with Gasteiger partial charge in [-0.1, -0.05) is 34.7 Å². The number of nitrogens with one attached hydrogen (secondary N) is 1. The van der Waals surface area contributed by atoms with E-state index >= 15 is 0 Å². The molecule has 7 nitrogen and oxygen atoms in total. The first-order valence-corrected chi connectivity index (χ1v) is 10.8. The maximum atomic E-state index is 12.1. The number of halogens is 1. The Labute approximate surface area is 172 Å². The molecule has 0 fully saturated rings. The van der Waals surface area contributed by atoms with Gasteiger partial charge in [-0.3, -0.25) is 9.10 Å². The molecule has 9 heteroatoms. The van der Waals surface area contributed by atoms with Gasteiger partial charge in [0.1, 0.15) is 18.9 Å². The zero-order valence-corrected chi connectivity index (χ0v) is 17.6. The highest BCUT2D eigenvalue weighted by Gasteiger charge is 2.20. The molecular formula is C19H20BrN3O4S. The van der Waals surface area contributed by atoms with Crippen molar-refractivity contribution in [2.24, 2.45) is 5.10 Å². The van der Waals surface area contributed by atoms with Crippen LogP contribution in [0, 0.1) is 0 Å². The summed E-state index contributed by atoms with van der Waals surface area (Å²) in [4.78, 5) is 12.1. The highest BCUT2D eigenvalue weighted by atomic mass is 79.9. The second kappa shape index (κ2) is 10.0. The SMILES string of the molecule is C=CCOc1ccc(/C=N\NC(=O)CN(c2cccc(Br)c2)S(C)(=O)=O)cc1. The number of rotatable bonds is 9. The maximum absolute atomic E-state index is 12.1. The Morgan fingerprint density at radius 2 is 2.00 bits per heavy atom. The third-order valence-corrected chi connectivity index (χ3v) is 5.07. The van der Waals surface area contributed by atoms with Crippen molar-refractivity contribution >= 4 is 43.8 Å². The van der Waals surface area contributed by atoms with Crippen molar-refractivity contribution < 1.29 is 17.9 Å².